The second kappa shape index (κ2) is 11.3. The van der Waals surface area contributed by atoms with Crippen LogP contribution in [0.1, 0.15) is 24.5 Å². The van der Waals surface area contributed by atoms with Crippen molar-refractivity contribution in [1.82, 2.24) is 4.98 Å². The lowest BCUT2D eigenvalue weighted by atomic mass is 10.4. The summed E-state index contributed by atoms with van der Waals surface area (Å²) in [4.78, 5) is 14.0. The normalized spacial score (nSPS) is 7.46. The average molecular weight is 203 g/mol. The Hall–Kier alpha value is -0.740. The van der Waals surface area contributed by atoms with Gasteiger partial charge in [-0.25, -0.2) is 4.98 Å². The molecule has 0 bridgehead atoms. The molecule has 0 saturated carbocycles. The Morgan fingerprint density at radius 3 is 2.38 bits per heavy atom. The van der Waals surface area contributed by atoms with E-state index in [-0.39, 0.29) is 0 Å². The summed E-state index contributed by atoms with van der Waals surface area (Å²) in [6, 6.07) is 0. The third-order valence-corrected chi connectivity index (χ3v) is 1.78. The molecule has 0 aliphatic carbocycles. The van der Waals surface area contributed by atoms with Gasteiger partial charge in [0, 0.05) is 18.9 Å². The van der Waals surface area contributed by atoms with Crippen LogP contribution in [0.15, 0.2) is 5.38 Å². The minimum atomic E-state index is 0.449. The monoisotopic (exact) mass is 203 g/mol. The minimum absolute atomic E-state index is 0.449. The number of carbonyl (C=O) groups excluding carboxylic acids is 1. The zero-order valence-electron chi connectivity index (χ0n) is 8.57. The van der Waals surface area contributed by atoms with Gasteiger partial charge >= 0.3 is 0 Å². The van der Waals surface area contributed by atoms with E-state index in [9.17, 15) is 4.79 Å². The van der Waals surface area contributed by atoms with Crippen molar-refractivity contribution in [1.29, 1.82) is 0 Å². The molecule has 0 unspecified atom stereocenters. The molecule has 4 heteroatoms. The minimum Gasteiger partial charge on any atom is -0.400 e. The lowest BCUT2D eigenvalue weighted by Crippen LogP contribution is -1.84. The maximum atomic E-state index is 9.95. The SMILES string of the molecule is CC.CO.Cc1nc(CC=O)cs1. The van der Waals surface area contributed by atoms with Gasteiger partial charge in [0.15, 0.2) is 0 Å². The van der Waals surface area contributed by atoms with Gasteiger partial charge in [-0.1, -0.05) is 13.8 Å². The van der Waals surface area contributed by atoms with Crippen molar-refractivity contribution in [2.24, 2.45) is 0 Å². The van der Waals surface area contributed by atoms with Gasteiger partial charge in [-0.3, -0.25) is 0 Å². The molecule has 0 aliphatic heterocycles. The Kier molecular flexibility index (Phi) is 12.8. The number of thiazole rings is 1. The number of carbonyl (C=O) groups is 1. The summed E-state index contributed by atoms with van der Waals surface area (Å²) in [5, 5.41) is 9.93. The highest BCUT2D eigenvalue weighted by molar-refractivity contribution is 7.09. The highest BCUT2D eigenvalue weighted by Crippen LogP contribution is 2.06. The van der Waals surface area contributed by atoms with Gasteiger partial charge in [-0.15, -0.1) is 11.3 Å². The number of rotatable bonds is 2. The zero-order chi connectivity index (χ0) is 10.7. The summed E-state index contributed by atoms with van der Waals surface area (Å²) in [5.41, 5.74) is 0.882. The highest BCUT2D eigenvalue weighted by atomic mass is 32.1. The van der Waals surface area contributed by atoms with Gasteiger partial charge in [-0.05, 0) is 6.92 Å². The van der Waals surface area contributed by atoms with Crippen molar-refractivity contribution in [2.45, 2.75) is 27.2 Å². The fourth-order valence-corrected chi connectivity index (χ4v) is 1.21. The number of aryl methyl sites for hydroxylation is 1. The Morgan fingerprint density at radius 2 is 2.08 bits per heavy atom. The highest BCUT2D eigenvalue weighted by Gasteiger charge is 1.94. The second-order valence-electron chi connectivity index (χ2n) is 1.73. The van der Waals surface area contributed by atoms with Gasteiger partial charge in [0.05, 0.1) is 10.7 Å². The molecule has 1 aromatic rings. The summed E-state index contributed by atoms with van der Waals surface area (Å²) in [5.74, 6) is 0. The summed E-state index contributed by atoms with van der Waals surface area (Å²) < 4.78 is 0. The van der Waals surface area contributed by atoms with E-state index in [1.807, 2.05) is 26.2 Å². The number of aliphatic hydroxyl groups is 1. The van der Waals surface area contributed by atoms with Crippen LogP contribution < -0.4 is 0 Å². The van der Waals surface area contributed by atoms with Gasteiger partial charge in [0.2, 0.25) is 0 Å². The molecular weight excluding hydrogens is 186 g/mol. The molecule has 0 atom stereocenters. The first kappa shape index (κ1) is 14.8. The van der Waals surface area contributed by atoms with Crippen LogP contribution in [0, 0.1) is 6.92 Å². The quantitative estimate of drug-likeness (QED) is 0.746. The van der Waals surface area contributed by atoms with E-state index in [0.29, 0.717) is 6.42 Å². The van der Waals surface area contributed by atoms with Crippen LogP contribution in [-0.4, -0.2) is 23.5 Å². The lowest BCUT2D eigenvalue weighted by molar-refractivity contribution is -0.107. The molecular formula is C9H17NO2S. The van der Waals surface area contributed by atoms with E-state index >= 15 is 0 Å². The number of hydrogen-bond donors (Lipinski definition) is 1. The topological polar surface area (TPSA) is 50.2 Å². The first-order valence-electron chi connectivity index (χ1n) is 4.12. The summed E-state index contributed by atoms with van der Waals surface area (Å²) in [6.07, 6.45) is 1.32. The Labute approximate surface area is 83.4 Å². The van der Waals surface area contributed by atoms with Crippen LogP contribution in [-0.2, 0) is 11.2 Å². The van der Waals surface area contributed by atoms with Crippen molar-refractivity contribution in [3.05, 3.63) is 16.1 Å². The molecule has 1 N–H and O–H groups in total. The van der Waals surface area contributed by atoms with Crippen molar-refractivity contribution >= 4 is 17.6 Å². The molecule has 1 heterocycles. The Balaban J connectivity index is 0. The van der Waals surface area contributed by atoms with Crippen LogP contribution in [0.3, 0.4) is 0 Å². The molecule has 0 radical (unpaired) electrons. The van der Waals surface area contributed by atoms with Crippen molar-refractivity contribution in [3.8, 4) is 0 Å². The van der Waals surface area contributed by atoms with Crippen LogP contribution in [0.4, 0.5) is 0 Å². The van der Waals surface area contributed by atoms with Crippen molar-refractivity contribution in [3.63, 3.8) is 0 Å². The number of nitrogens with zero attached hydrogens (tertiary/aromatic N) is 1. The molecule has 0 amide bonds. The first-order chi connectivity index (χ1) is 6.33. The fraction of sp³-hybridized carbons (Fsp3) is 0.556. The van der Waals surface area contributed by atoms with E-state index in [0.717, 1.165) is 24.1 Å². The van der Waals surface area contributed by atoms with Gasteiger partial charge in [-0.2, -0.15) is 0 Å². The smallest absolute Gasteiger partial charge is 0.125 e. The number of aliphatic hydroxyl groups excluding tert-OH is 1. The molecule has 0 saturated heterocycles. The Bertz CT molecular complexity index is 211. The first-order valence-corrected chi connectivity index (χ1v) is 5.00. The van der Waals surface area contributed by atoms with Crippen molar-refractivity contribution < 1.29 is 9.90 Å². The predicted octanol–water partition coefficient (Wildman–Crippen LogP) is 1.83. The average Bonchev–Trinajstić information content (AvgIpc) is 2.59. The molecule has 0 fully saturated rings. The molecule has 3 nitrogen and oxygen atoms in total. The summed E-state index contributed by atoms with van der Waals surface area (Å²) >= 11 is 1.57. The van der Waals surface area contributed by atoms with Crippen LogP contribution in [0.25, 0.3) is 0 Å². The van der Waals surface area contributed by atoms with Gasteiger partial charge in [0.25, 0.3) is 0 Å². The predicted molar refractivity (Wildman–Crippen MR) is 56.1 cm³/mol. The molecule has 0 aromatic carbocycles. The standard InChI is InChI=1S/C6H7NOS.C2H6.CH4O/c1-5-7-6(2-3-8)4-9-5;2*1-2/h3-4H,2H2,1H3;1-2H3;2H,1H3. The van der Waals surface area contributed by atoms with Gasteiger partial charge in [0.1, 0.15) is 6.29 Å². The van der Waals surface area contributed by atoms with E-state index in [4.69, 9.17) is 5.11 Å². The maximum Gasteiger partial charge on any atom is 0.125 e. The van der Waals surface area contributed by atoms with Crippen LogP contribution in [0.5, 0.6) is 0 Å². The van der Waals surface area contributed by atoms with E-state index < -0.39 is 0 Å². The molecule has 76 valence electrons. The molecule has 1 rings (SSSR count). The summed E-state index contributed by atoms with van der Waals surface area (Å²) in [6.45, 7) is 5.93. The van der Waals surface area contributed by atoms with E-state index in [2.05, 4.69) is 4.98 Å². The van der Waals surface area contributed by atoms with Crippen molar-refractivity contribution in [2.75, 3.05) is 7.11 Å². The third-order valence-electron chi connectivity index (χ3n) is 0.959. The van der Waals surface area contributed by atoms with Crippen LogP contribution >= 0.6 is 11.3 Å². The number of hydrogen-bond acceptors (Lipinski definition) is 4. The fourth-order valence-electron chi connectivity index (χ4n) is 0.587. The largest absolute Gasteiger partial charge is 0.400 e. The van der Waals surface area contributed by atoms with Gasteiger partial charge < -0.3 is 9.90 Å². The molecule has 0 aliphatic rings. The number of aromatic nitrogens is 1. The zero-order valence-corrected chi connectivity index (χ0v) is 9.39. The maximum absolute atomic E-state index is 9.95. The molecule has 0 spiro atoms. The summed E-state index contributed by atoms with van der Waals surface area (Å²) in [7, 11) is 1.00. The van der Waals surface area contributed by atoms with E-state index in [1.54, 1.807) is 11.3 Å². The third kappa shape index (κ3) is 7.62. The van der Waals surface area contributed by atoms with Crippen LogP contribution in [0.2, 0.25) is 0 Å². The van der Waals surface area contributed by atoms with E-state index in [1.165, 1.54) is 0 Å². The molecule has 1 aromatic heterocycles. The lowest BCUT2D eigenvalue weighted by Gasteiger charge is -1.79. The molecule has 13 heavy (non-hydrogen) atoms. The number of aldehydes is 1. The second-order valence-corrected chi connectivity index (χ2v) is 2.79. The Morgan fingerprint density at radius 1 is 1.54 bits per heavy atom.